The fourth-order valence-electron chi connectivity index (χ4n) is 3.18. The maximum Gasteiger partial charge on any atom is 0.347 e. The third kappa shape index (κ3) is 3.22. The first-order valence-electron chi connectivity index (χ1n) is 7.79. The van der Waals surface area contributed by atoms with Crippen LogP contribution in [0.1, 0.15) is 58.9 Å². The Bertz CT molecular complexity index is 504. The van der Waals surface area contributed by atoms with Gasteiger partial charge in [0, 0.05) is 0 Å². The first-order chi connectivity index (χ1) is 9.75. The highest BCUT2D eigenvalue weighted by Gasteiger charge is 2.35. The molecular formula is C18H26O3. The van der Waals surface area contributed by atoms with Crippen molar-refractivity contribution in [3.63, 3.8) is 0 Å². The Morgan fingerprint density at radius 1 is 1.29 bits per heavy atom. The van der Waals surface area contributed by atoms with Crippen LogP contribution in [0.15, 0.2) is 24.3 Å². The molecule has 0 aromatic heterocycles. The normalized spacial score (nSPS) is 26.4. The summed E-state index contributed by atoms with van der Waals surface area (Å²) in [6.07, 6.45) is 5.10. The summed E-state index contributed by atoms with van der Waals surface area (Å²) >= 11 is 0. The predicted molar refractivity (Wildman–Crippen MR) is 83.8 cm³/mol. The summed E-state index contributed by atoms with van der Waals surface area (Å²) in [6.45, 7) is 7.80. The molecule has 2 rings (SSSR count). The second-order valence-electron chi connectivity index (χ2n) is 7.01. The summed E-state index contributed by atoms with van der Waals surface area (Å²) < 4.78 is 5.57. The smallest absolute Gasteiger partial charge is 0.347 e. The fourth-order valence-corrected chi connectivity index (χ4v) is 3.18. The van der Waals surface area contributed by atoms with E-state index >= 15 is 0 Å². The maximum absolute atomic E-state index is 11.1. The molecule has 21 heavy (non-hydrogen) atoms. The molecule has 0 spiro atoms. The molecule has 3 nitrogen and oxygen atoms in total. The number of hydrogen-bond donors (Lipinski definition) is 1. The van der Waals surface area contributed by atoms with Crippen molar-refractivity contribution in [1.82, 2.24) is 0 Å². The predicted octanol–water partition coefficient (Wildman–Crippen LogP) is 4.40. The molecule has 1 fully saturated rings. The van der Waals surface area contributed by atoms with E-state index in [2.05, 4.69) is 26.0 Å². The summed E-state index contributed by atoms with van der Waals surface area (Å²) in [5.74, 6) is 0.325. The summed E-state index contributed by atoms with van der Waals surface area (Å²) in [7, 11) is 0. The molecule has 0 unspecified atom stereocenters. The molecule has 0 radical (unpaired) electrons. The molecule has 2 atom stereocenters. The van der Waals surface area contributed by atoms with E-state index < -0.39 is 11.6 Å². The lowest BCUT2D eigenvalue weighted by Gasteiger charge is -2.40. The molecule has 116 valence electrons. The van der Waals surface area contributed by atoms with E-state index in [9.17, 15) is 4.79 Å². The minimum absolute atomic E-state index is 0.221. The molecule has 1 aromatic rings. The van der Waals surface area contributed by atoms with Crippen LogP contribution in [0.2, 0.25) is 0 Å². The van der Waals surface area contributed by atoms with Gasteiger partial charge in [0.15, 0.2) is 5.60 Å². The molecule has 3 heteroatoms. The van der Waals surface area contributed by atoms with Crippen molar-refractivity contribution in [2.75, 3.05) is 0 Å². The monoisotopic (exact) mass is 290 g/mol. The average Bonchev–Trinajstić information content (AvgIpc) is 2.42. The quantitative estimate of drug-likeness (QED) is 0.894. The molecule has 1 aromatic carbocycles. The van der Waals surface area contributed by atoms with Crippen molar-refractivity contribution in [2.45, 2.75) is 64.4 Å². The van der Waals surface area contributed by atoms with E-state index in [4.69, 9.17) is 9.84 Å². The number of ether oxygens (including phenoxy) is 1. The van der Waals surface area contributed by atoms with Gasteiger partial charge < -0.3 is 9.84 Å². The van der Waals surface area contributed by atoms with Gasteiger partial charge in [-0.2, -0.15) is 0 Å². The van der Waals surface area contributed by atoms with E-state index in [0.29, 0.717) is 11.7 Å². The standard InChI is InChI=1S/C18H26O3/c1-13-7-5-6-12-18(13,4)14-8-10-15(11-9-14)21-17(2,3)16(19)20/h8-11,13H,5-7,12H2,1-4H3,(H,19,20)/t13-,18+/m0/s1. The van der Waals surface area contributed by atoms with Gasteiger partial charge in [-0.25, -0.2) is 4.79 Å². The Hall–Kier alpha value is -1.51. The minimum Gasteiger partial charge on any atom is -0.478 e. The highest BCUT2D eigenvalue weighted by molar-refractivity contribution is 5.76. The lowest BCUT2D eigenvalue weighted by Crippen LogP contribution is -2.38. The molecule has 1 aliphatic carbocycles. The van der Waals surface area contributed by atoms with E-state index in [-0.39, 0.29) is 5.41 Å². The van der Waals surface area contributed by atoms with Crippen LogP contribution < -0.4 is 4.74 Å². The minimum atomic E-state index is -1.20. The second kappa shape index (κ2) is 5.70. The van der Waals surface area contributed by atoms with Gasteiger partial charge in [0.05, 0.1) is 0 Å². The van der Waals surface area contributed by atoms with E-state index in [0.717, 1.165) is 0 Å². The van der Waals surface area contributed by atoms with Gasteiger partial charge >= 0.3 is 5.97 Å². The molecule has 1 N–H and O–H groups in total. The molecule has 0 aliphatic heterocycles. The lowest BCUT2D eigenvalue weighted by atomic mass is 9.64. The van der Waals surface area contributed by atoms with Crippen LogP contribution in [-0.4, -0.2) is 16.7 Å². The van der Waals surface area contributed by atoms with Crippen molar-refractivity contribution < 1.29 is 14.6 Å². The van der Waals surface area contributed by atoms with Crippen LogP contribution in [0.3, 0.4) is 0 Å². The lowest BCUT2D eigenvalue weighted by molar-refractivity contribution is -0.152. The van der Waals surface area contributed by atoms with Crippen LogP contribution in [0, 0.1) is 5.92 Å². The van der Waals surface area contributed by atoms with E-state index in [1.807, 2.05) is 12.1 Å². The molecule has 0 saturated heterocycles. The summed E-state index contributed by atoms with van der Waals surface area (Å²) in [5, 5.41) is 9.11. The third-order valence-corrected chi connectivity index (χ3v) is 5.07. The molecule has 1 aliphatic rings. The van der Waals surface area contributed by atoms with Gasteiger partial charge in [0.1, 0.15) is 5.75 Å². The van der Waals surface area contributed by atoms with Crippen LogP contribution in [-0.2, 0) is 10.2 Å². The number of rotatable bonds is 4. The van der Waals surface area contributed by atoms with Gasteiger partial charge in [-0.3, -0.25) is 0 Å². The Morgan fingerprint density at radius 3 is 2.43 bits per heavy atom. The van der Waals surface area contributed by atoms with Gasteiger partial charge in [0.25, 0.3) is 0 Å². The number of aliphatic carboxylic acids is 1. The maximum atomic E-state index is 11.1. The number of carboxylic acid groups (broad SMARTS) is 1. The second-order valence-corrected chi connectivity index (χ2v) is 7.01. The van der Waals surface area contributed by atoms with Gasteiger partial charge in [0.2, 0.25) is 0 Å². The molecular weight excluding hydrogens is 264 g/mol. The summed E-state index contributed by atoms with van der Waals surface area (Å²) in [6, 6.07) is 7.98. The third-order valence-electron chi connectivity index (χ3n) is 5.07. The largest absolute Gasteiger partial charge is 0.478 e. The number of carbonyl (C=O) groups is 1. The number of carboxylic acids is 1. The zero-order chi connectivity index (χ0) is 15.7. The van der Waals surface area contributed by atoms with Gasteiger partial charge in [-0.1, -0.05) is 38.8 Å². The van der Waals surface area contributed by atoms with Crippen molar-refractivity contribution in [1.29, 1.82) is 0 Å². The topological polar surface area (TPSA) is 46.5 Å². The fraction of sp³-hybridized carbons (Fsp3) is 0.611. The van der Waals surface area contributed by atoms with Gasteiger partial charge in [-0.15, -0.1) is 0 Å². The molecule has 0 bridgehead atoms. The van der Waals surface area contributed by atoms with E-state index in [1.165, 1.54) is 31.2 Å². The number of benzene rings is 1. The number of hydrogen-bond acceptors (Lipinski definition) is 2. The first-order valence-corrected chi connectivity index (χ1v) is 7.79. The van der Waals surface area contributed by atoms with Crippen LogP contribution >= 0.6 is 0 Å². The Balaban J connectivity index is 2.17. The van der Waals surface area contributed by atoms with Crippen molar-refractivity contribution in [3.8, 4) is 5.75 Å². The van der Waals surface area contributed by atoms with Crippen LogP contribution in [0.25, 0.3) is 0 Å². The van der Waals surface area contributed by atoms with Crippen molar-refractivity contribution in [3.05, 3.63) is 29.8 Å². The first kappa shape index (κ1) is 15.9. The Morgan fingerprint density at radius 2 is 1.90 bits per heavy atom. The zero-order valence-corrected chi connectivity index (χ0v) is 13.5. The SMILES string of the molecule is C[C@H]1CCCC[C@@]1(C)c1ccc(OC(C)(C)C(=O)O)cc1. The van der Waals surface area contributed by atoms with Crippen molar-refractivity contribution >= 4 is 5.97 Å². The van der Waals surface area contributed by atoms with Crippen molar-refractivity contribution in [2.24, 2.45) is 5.92 Å². The summed E-state index contributed by atoms with van der Waals surface area (Å²) in [5.41, 5.74) is 0.345. The Kier molecular flexibility index (Phi) is 4.31. The highest BCUT2D eigenvalue weighted by Crippen LogP contribution is 2.43. The molecule has 0 amide bonds. The highest BCUT2D eigenvalue weighted by atomic mass is 16.5. The summed E-state index contributed by atoms with van der Waals surface area (Å²) in [4.78, 5) is 11.1. The average molecular weight is 290 g/mol. The Labute approximate surface area is 127 Å². The molecule has 1 saturated carbocycles. The van der Waals surface area contributed by atoms with E-state index in [1.54, 1.807) is 13.8 Å². The van der Waals surface area contributed by atoms with Crippen LogP contribution in [0.4, 0.5) is 0 Å². The van der Waals surface area contributed by atoms with Gasteiger partial charge in [-0.05, 0) is 55.7 Å². The van der Waals surface area contributed by atoms with Crippen LogP contribution in [0.5, 0.6) is 5.75 Å². The zero-order valence-electron chi connectivity index (χ0n) is 13.5. The molecule has 0 heterocycles.